The Morgan fingerprint density at radius 3 is 2.59 bits per heavy atom. The topological polar surface area (TPSA) is 114 Å². The van der Waals surface area contributed by atoms with Crippen molar-refractivity contribution in [3.8, 4) is 5.75 Å². The summed E-state index contributed by atoms with van der Waals surface area (Å²) in [5, 5.41) is 2.89. The molecule has 2 aliphatic heterocycles. The molecule has 2 saturated heterocycles. The molecule has 2 aromatic carbocycles. The Labute approximate surface area is 198 Å². The number of hydrogen-bond donors (Lipinski definition) is 2. The lowest BCUT2D eigenvalue weighted by Crippen LogP contribution is -2.55. The second kappa shape index (κ2) is 10.7. The van der Waals surface area contributed by atoms with Crippen LogP contribution < -0.4 is 15.8 Å². The Morgan fingerprint density at radius 2 is 1.85 bits per heavy atom. The first-order valence-corrected chi connectivity index (χ1v) is 11.4. The first-order valence-electron chi connectivity index (χ1n) is 11.4. The first kappa shape index (κ1) is 23.7. The van der Waals surface area contributed by atoms with Gasteiger partial charge < -0.3 is 30.3 Å². The van der Waals surface area contributed by atoms with Gasteiger partial charge in [0, 0.05) is 38.3 Å². The van der Waals surface area contributed by atoms with E-state index in [2.05, 4.69) is 5.32 Å². The van der Waals surface area contributed by atoms with Crippen LogP contribution >= 0.6 is 0 Å². The number of nitrogens with two attached hydrogens (primary N) is 1. The lowest BCUT2D eigenvalue weighted by molar-refractivity contribution is -0.148. The molecular weight excluding hydrogens is 436 g/mol. The normalized spacial score (nSPS) is 19.8. The van der Waals surface area contributed by atoms with E-state index in [1.165, 1.54) is 16.9 Å². The standard InChI is InChI=1S/C25H30N4O5/c1-33-20-8-3-7-19(14-20)24(31)28-10-11-29(25(32)21-9-4-12-34-21)23(28)22(30)27-16-18-6-2-5-17(13-18)15-26/h2-3,5-8,13-14,21,23H,4,9-12,15-16,26H2,1H3,(H,27,30). The Morgan fingerprint density at radius 1 is 1.09 bits per heavy atom. The molecule has 0 radical (unpaired) electrons. The van der Waals surface area contributed by atoms with Crippen molar-refractivity contribution in [3.63, 3.8) is 0 Å². The van der Waals surface area contributed by atoms with Crippen molar-refractivity contribution in [1.29, 1.82) is 0 Å². The molecule has 0 bridgehead atoms. The quantitative estimate of drug-likeness (QED) is 0.635. The van der Waals surface area contributed by atoms with E-state index < -0.39 is 18.2 Å². The minimum atomic E-state index is -1.06. The lowest BCUT2D eigenvalue weighted by Gasteiger charge is -2.30. The smallest absolute Gasteiger partial charge is 0.264 e. The highest BCUT2D eigenvalue weighted by atomic mass is 16.5. The molecule has 2 heterocycles. The molecule has 0 saturated carbocycles. The average molecular weight is 467 g/mol. The molecule has 2 aliphatic rings. The van der Waals surface area contributed by atoms with Gasteiger partial charge in [-0.05, 0) is 42.2 Å². The number of methoxy groups -OCH3 is 1. The highest BCUT2D eigenvalue weighted by molar-refractivity contribution is 5.99. The third-order valence-corrected chi connectivity index (χ3v) is 6.17. The maximum atomic E-state index is 13.4. The van der Waals surface area contributed by atoms with Gasteiger partial charge in [-0.3, -0.25) is 14.4 Å². The van der Waals surface area contributed by atoms with E-state index in [1.807, 2.05) is 24.3 Å². The van der Waals surface area contributed by atoms with Crippen LogP contribution in [0.1, 0.15) is 34.3 Å². The number of ether oxygens (including phenoxy) is 2. The predicted molar refractivity (Wildman–Crippen MR) is 125 cm³/mol. The van der Waals surface area contributed by atoms with Crippen molar-refractivity contribution in [2.45, 2.75) is 38.2 Å². The van der Waals surface area contributed by atoms with Crippen LogP contribution in [0.3, 0.4) is 0 Å². The van der Waals surface area contributed by atoms with Crippen molar-refractivity contribution in [2.75, 3.05) is 26.8 Å². The SMILES string of the molecule is COc1cccc(C(=O)N2CCN(C(=O)C3CCCO3)C2C(=O)NCc2cccc(CN)c2)c1. The zero-order valence-corrected chi connectivity index (χ0v) is 19.2. The molecule has 2 unspecified atom stereocenters. The molecule has 3 amide bonds. The van der Waals surface area contributed by atoms with E-state index in [9.17, 15) is 14.4 Å². The zero-order valence-electron chi connectivity index (χ0n) is 19.2. The van der Waals surface area contributed by atoms with Crippen LogP contribution in [-0.2, 0) is 27.4 Å². The third-order valence-electron chi connectivity index (χ3n) is 6.17. The molecule has 9 nitrogen and oxygen atoms in total. The molecule has 2 atom stereocenters. The van der Waals surface area contributed by atoms with Crippen LogP contribution in [0.5, 0.6) is 5.75 Å². The van der Waals surface area contributed by atoms with Crippen LogP contribution in [0, 0.1) is 0 Å². The highest BCUT2D eigenvalue weighted by Crippen LogP contribution is 2.24. The van der Waals surface area contributed by atoms with Gasteiger partial charge in [-0.2, -0.15) is 0 Å². The van der Waals surface area contributed by atoms with Crippen LogP contribution in [0.4, 0.5) is 0 Å². The molecule has 34 heavy (non-hydrogen) atoms. The minimum absolute atomic E-state index is 0.245. The largest absolute Gasteiger partial charge is 0.497 e. The molecule has 0 aromatic heterocycles. The monoisotopic (exact) mass is 466 g/mol. The lowest BCUT2D eigenvalue weighted by atomic mass is 10.1. The van der Waals surface area contributed by atoms with Gasteiger partial charge in [0.15, 0.2) is 6.17 Å². The second-order valence-corrected chi connectivity index (χ2v) is 8.38. The number of nitrogens with one attached hydrogen (secondary N) is 1. The van der Waals surface area contributed by atoms with Gasteiger partial charge in [-0.15, -0.1) is 0 Å². The van der Waals surface area contributed by atoms with Crippen LogP contribution in [-0.4, -0.2) is 66.6 Å². The van der Waals surface area contributed by atoms with Crippen molar-refractivity contribution < 1.29 is 23.9 Å². The maximum Gasteiger partial charge on any atom is 0.264 e. The van der Waals surface area contributed by atoms with Crippen LogP contribution in [0.15, 0.2) is 48.5 Å². The summed E-state index contributed by atoms with van der Waals surface area (Å²) in [6, 6.07) is 14.4. The number of hydrogen-bond acceptors (Lipinski definition) is 6. The number of amides is 3. The van der Waals surface area contributed by atoms with Gasteiger partial charge in [-0.25, -0.2) is 0 Å². The molecular formula is C25H30N4O5. The van der Waals surface area contributed by atoms with E-state index in [4.69, 9.17) is 15.2 Å². The molecule has 4 rings (SSSR count). The summed E-state index contributed by atoms with van der Waals surface area (Å²) in [5.41, 5.74) is 7.95. The van der Waals surface area contributed by atoms with Gasteiger partial charge in [0.1, 0.15) is 11.9 Å². The van der Waals surface area contributed by atoms with Gasteiger partial charge in [0.2, 0.25) is 0 Å². The summed E-state index contributed by atoms with van der Waals surface area (Å²) in [6.45, 7) is 1.68. The van der Waals surface area contributed by atoms with E-state index >= 15 is 0 Å². The molecule has 9 heteroatoms. The highest BCUT2D eigenvalue weighted by Gasteiger charge is 2.45. The van der Waals surface area contributed by atoms with Crippen molar-refractivity contribution in [2.24, 2.45) is 5.73 Å². The predicted octanol–water partition coefficient (Wildman–Crippen LogP) is 1.26. The fourth-order valence-corrected chi connectivity index (χ4v) is 4.38. The van der Waals surface area contributed by atoms with E-state index in [-0.39, 0.29) is 31.4 Å². The first-order chi connectivity index (χ1) is 16.5. The van der Waals surface area contributed by atoms with Crippen molar-refractivity contribution in [3.05, 3.63) is 65.2 Å². The Bertz CT molecular complexity index is 1050. The summed E-state index contributed by atoms with van der Waals surface area (Å²) in [4.78, 5) is 42.8. The van der Waals surface area contributed by atoms with E-state index in [1.54, 1.807) is 24.3 Å². The van der Waals surface area contributed by atoms with Gasteiger partial charge in [0.05, 0.1) is 7.11 Å². The fraction of sp³-hybridized carbons (Fsp3) is 0.400. The van der Waals surface area contributed by atoms with Gasteiger partial charge in [0.25, 0.3) is 17.7 Å². The molecule has 2 fully saturated rings. The summed E-state index contributed by atoms with van der Waals surface area (Å²) in [7, 11) is 1.53. The molecule has 3 N–H and O–H groups in total. The Kier molecular flexibility index (Phi) is 7.44. The fourth-order valence-electron chi connectivity index (χ4n) is 4.38. The Hall–Kier alpha value is -3.43. The maximum absolute atomic E-state index is 13.4. The molecule has 0 aliphatic carbocycles. The van der Waals surface area contributed by atoms with Crippen molar-refractivity contribution in [1.82, 2.24) is 15.1 Å². The van der Waals surface area contributed by atoms with Crippen LogP contribution in [0.2, 0.25) is 0 Å². The summed E-state index contributed by atoms with van der Waals surface area (Å²) < 4.78 is 10.8. The zero-order chi connectivity index (χ0) is 24.1. The Balaban J connectivity index is 1.56. The summed E-state index contributed by atoms with van der Waals surface area (Å²) in [6.07, 6.45) is -0.235. The van der Waals surface area contributed by atoms with E-state index in [0.29, 0.717) is 30.9 Å². The van der Waals surface area contributed by atoms with Crippen molar-refractivity contribution >= 4 is 17.7 Å². The van der Waals surface area contributed by atoms with Gasteiger partial charge >= 0.3 is 0 Å². The second-order valence-electron chi connectivity index (χ2n) is 8.38. The number of carbonyl (C=O) groups is 3. The van der Waals surface area contributed by atoms with E-state index in [0.717, 1.165) is 17.5 Å². The molecule has 2 aromatic rings. The third kappa shape index (κ3) is 5.05. The summed E-state index contributed by atoms with van der Waals surface area (Å²) in [5.74, 6) is -0.480. The molecule has 0 spiro atoms. The number of carbonyl (C=O) groups excluding carboxylic acids is 3. The number of benzene rings is 2. The van der Waals surface area contributed by atoms with Crippen LogP contribution in [0.25, 0.3) is 0 Å². The average Bonchev–Trinajstić information content (AvgIpc) is 3.57. The summed E-state index contributed by atoms with van der Waals surface area (Å²) >= 11 is 0. The number of rotatable bonds is 7. The number of nitrogens with zero attached hydrogens (tertiary/aromatic N) is 2. The minimum Gasteiger partial charge on any atom is -0.497 e. The van der Waals surface area contributed by atoms with Gasteiger partial charge in [-0.1, -0.05) is 30.3 Å². The molecule has 180 valence electrons.